The molecule has 2 nitrogen and oxygen atoms in total. The van der Waals surface area contributed by atoms with Crippen molar-refractivity contribution in [3.63, 3.8) is 0 Å². The molecule has 0 spiro atoms. The fourth-order valence-electron chi connectivity index (χ4n) is 1.10. The normalized spacial score (nSPS) is 12.2. The minimum atomic E-state index is -0.246. The average molecular weight is 206 g/mol. The lowest BCUT2D eigenvalue weighted by atomic mass is 10.2. The van der Waals surface area contributed by atoms with Gasteiger partial charge >= 0.3 is 0 Å². The van der Waals surface area contributed by atoms with E-state index in [9.17, 15) is 0 Å². The first-order chi connectivity index (χ1) is 7.08. The van der Waals surface area contributed by atoms with E-state index in [1.54, 1.807) is 0 Å². The van der Waals surface area contributed by atoms with Crippen LogP contribution in [0.4, 0.5) is 0 Å². The molecule has 0 radical (unpaired) electrons. The highest BCUT2D eigenvalue weighted by Crippen LogP contribution is 2.13. The van der Waals surface area contributed by atoms with Crippen molar-refractivity contribution in [3.05, 3.63) is 42.0 Å². The van der Waals surface area contributed by atoms with Crippen LogP contribution in [-0.2, 0) is 4.74 Å². The first kappa shape index (κ1) is 11.8. The van der Waals surface area contributed by atoms with E-state index in [-0.39, 0.29) is 6.29 Å². The summed E-state index contributed by atoms with van der Waals surface area (Å²) in [4.78, 5) is 0. The Labute approximate surface area is 91.5 Å². The quantitative estimate of drug-likeness (QED) is 0.543. The van der Waals surface area contributed by atoms with Gasteiger partial charge in [0.2, 0.25) is 0 Å². The Morgan fingerprint density at radius 2 is 1.93 bits per heavy atom. The van der Waals surface area contributed by atoms with E-state index < -0.39 is 0 Å². The molecular weight excluding hydrogens is 188 g/mol. The number of rotatable bonds is 5. The third-order valence-corrected chi connectivity index (χ3v) is 1.89. The van der Waals surface area contributed by atoms with Crippen LogP contribution in [0.15, 0.2) is 36.4 Å². The SMILES string of the molecule is C=C(C)COC(C)Oc1ccc(C)cc1. The predicted octanol–water partition coefficient (Wildman–Crippen LogP) is 3.31. The monoisotopic (exact) mass is 206 g/mol. The predicted molar refractivity (Wildman–Crippen MR) is 62.0 cm³/mol. The maximum Gasteiger partial charge on any atom is 0.197 e. The Balaban J connectivity index is 2.40. The Morgan fingerprint density at radius 3 is 2.47 bits per heavy atom. The summed E-state index contributed by atoms with van der Waals surface area (Å²) >= 11 is 0. The van der Waals surface area contributed by atoms with Gasteiger partial charge in [-0.15, -0.1) is 0 Å². The van der Waals surface area contributed by atoms with E-state index >= 15 is 0 Å². The Bertz CT molecular complexity index is 314. The minimum Gasteiger partial charge on any atom is -0.465 e. The molecule has 0 aromatic heterocycles. The molecule has 0 fully saturated rings. The third kappa shape index (κ3) is 4.66. The second kappa shape index (κ2) is 5.56. The van der Waals surface area contributed by atoms with Gasteiger partial charge in [-0.25, -0.2) is 0 Å². The Kier molecular flexibility index (Phi) is 4.37. The molecule has 0 aliphatic carbocycles. The summed E-state index contributed by atoms with van der Waals surface area (Å²) in [7, 11) is 0. The van der Waals surface area contributed by atoms with E-state index in [1.807, 2.05) is 45.0 Å². The maximum atomic E-state index is 5.56. The summed E-state index contributed by atoms with van der Waals surface area (Å²) in [6.45, 7) is 10.2. The molecule has 1 rings (SSSR count). The van der Waals surface area contributed by atoms with Crippen molar-refractivity contribution in [3.8, 4) is 5.75 Å². The standard InChI is InChI=1S/C13H18O2/c1-10(2)9-14-12(4)15-13-7-5-11(3)6-8-13/h5-8,12H,1,9H2,2-4H3. The molecule has 0 saturated carbocycles. The van der Waals surface area contributed by atoms with Crippen molar-refractivity contribution in [2.45, 2.75) is 27.1 Å². The third-order valence-electron chi connectivity index (χ3n) is 1.89. The lowest BCUT2D eigenvalue weighted by Crippen LogP contribution is -2.17. The molecule has 0 aliphatic heterocycles. The molecule has 1 atom stereocenters. The zero-order valence-electron chi connectivity index (χ0n) is 9.62. The molecule has 0 saturated heterocycles. The number of hydrogen-bond acceptors (Lipinski definition) is 2. The van der Waals surface area contributed by atoms with Crippen molar-refractivity contribution in [2.24, 2.45) is 0 Å². The molecule has 0 amide bonds. The molecule has 1 aromatic rings. The zero-order chi connectivity index (χ0) is 11.3. The van der Waals surface area contributed by atoms with Crippen LogP contribution in [0.25, 0.3) is 0 Å². The summed E-state index contributed by atoms with van der Waals surface area (Å²) in [5.41, 5.74) is 2.22. The van der Waals surface area contributed by atoms with E-state index in [4.69, 9.17) is 9.47 Å². The molecule has 1 aromatic carbocycles. The fourth-order valence-corrected chi connectivity index (χ4v) is 1.10. The van der Waals surface area contributed by atoms with Gasteiger partial charge in [-0.05, 0) is 32.9 Å². The van der Waals surface area contributed by atoms with E-state index in [2.05, 4.69) is 6.58 Å². The van der Waals surface area contributed by atoms with Crippen molar-refractivity contribution in [1.29, 1.82) is 0 Å². The van der Waals surface area contributed by atoms with Crippen LogP contribution in [0.1, 0.15) is 19.4 Å². The molecule has 2 heteroatoms. The van der Waals surface area contributed by atoms with Crippen molar-refractivity contribution >= 4 is 0 Å². The second-order valence-corrected chi connectivity index (χ2v) is 3.77. The van der Waals surface area contributed by atoms with E-state index in [0.29, 0.717) is 6.61 Å². The molecule has 1 unspecified atom stereocenters. The summed E-state index contributed by atoms with van der Waals surface area (Å²) < 4.78 is 11.0. The lowest BCUT2D eigenvalue weighted by Gasteiger charge is -2.15. The van der Waals surface area contributed by atoms with Crippen molar-refractivity contribution in [1.82, 2.24) is 0 Å². The molecular formula is C13H18O2. The van der Waals surface area contributed by atoms with Gasteiger partial charge in [-0.2, -0.15) is 0 Å². The fraction of sp³-hybridized carbons (Fsp3) is 0.385. The molecule has 0 aliphatic rings. The Hall–Kier alpha value is -1.28. The summed E-state index contributed by atoms with van der Waals surface area (Å²) in [5, 5.41) is 0. The average Bonchev–Trinajstić information content (AvgIpc) is 2.19. The van der Waals surface area contributed by atoms with Gasteiger partial charge in [0.1, 0.15) is 5.75 Å². The van der Waals surface area contributed by atoms with Crippen LogP contribution in [0.2, 0.25) is 0 Å². The van der Waals surface area contributed by atoms with Crippen LogP contribution in [-0.4, -0.2) is 12.9 Å². The van der Waals surface area contributed by atoms with Gasteiger partial charge < -0.3 is 9.47 Å². The van der Waals surface area contributed by atoms with E-state index in [0.717, 1.165) is 11.3 Å². The zero-order valence-corrected chi connectivity index (χ0v) is 9.62. The number of benzene rings is 1. The highest BCUT2D eigenvalue weighted by atomic mass is 16.7. The number of aryl methyl sites for hydroxylation is 1. The van der Waals surface area contributed by atoms with Crippen LogP contribution in [0.5, 0.6) is 5.75 Å². The van der Waals surface area contributed by atoms with Crippen LogP contribution < -0.4 is 4.74 Å². The number of hydrogen-bond donors (Lipinski definition) is 0. The molecule has 0 N–H and O–H groups in total. The summed E-state index contributed by atoms with van der Waals surface area (Å²) in [5.74, 6) is 0.829. The van der Waals surface area contributed by atoms with Crippen LogP contribution in [0, 0.1) is 6.92 Å². The van der Waals surface area contributed by atoms with Crippen molar-refractivity contribution < 1.29 is 9.47 Å². The second-order valence-electron chi connectivity index (χ2n) is 3.77. The lowest BCUT2D eigenvalue weighted by molar-refractivity contribution is -0.0572. The van der Waals surface area contributed by atoms with Gasteiger partial charge in [0.05, 0.1) is 6.61 Å². The molecule has 82 valence electrons. The largest absolute Gasteiger partial charge is 0.465 e. The van der Waals surface area contributed by atoms with Gasteiger partial charge in [-0.1, -0.05) is 29.8 Å². The van der Waals surface area contributed by atoms with E-state index in [1.165, 1.54) is 5.56 Å². The first-order valence-corrected chi connectivity index (χ1v) is 5.07. The van der Waals surface area contributed by atoms with Gasteiger partial charge in [-0.3, -0.25) is 0 Å². The van der Waals surface area contributed by atoms with Crippen LogP contribution in [0.3, 0.4) is 0 Å². The maximum absolute atomic E-state index is 5.56. The van der Waals surface area contributed by atoms with Crippen LogP contribution >= 0.6 is 0 Å². The highest BCUT2D eigenvalue weighted by molar-refractivity contribution is 5.26. The Morgan fingerprint density at radius 1 is 1.33 bits per heavy atom. The van der Waals surface area contributed by atoms with Crippen molar-refractivity contribution in [2.75, 3.05) is 6.61 Å². The summed E-state index contributed by atoms with van der Waals surface area (Å²) in [6, 6.07) is 7.91. The summed E-state index contributed by atoms with van der Waals surface area (Å²) in [6.07, 6.45) is -0.246. The topological polar surface area (TPSA) is 18.5 Å². The molecule has 0 bridgehead atoms. The number of ether oxygens (including phenoxy) is 2. The van der Waals surface area contributed by atoms with Gasteiger partial charge in [0.25, 0.3) is 0 Å². The highest BCUT2D eigenvalue weighted by Gasteiger charge is 2.03. The van der Waals surface area contributed by atoms with Gasteiger partial charge in [0.15, 0.2) is 6.29 Å². The molecule has 0 heterocycles. The van der Waals surface area contributed by atoms with Gasteiger partial charge in [0, 0.05) is 0 Å². The smallest absolute Gasteiger partial charge is 0.197 e. The molecule has 15 heavy (non-hydrogen) atoms. The first-order valence-electron chi connectivity index (χ1n) is 5.07. The minimum absolute atomic E-state index is 0.246.